The first-order valence-corrected chi connectivity index (χ1v) is 9.91. The van der Waals surface area contributed by atoms with Crippen molar-refractivity contribution in [1.29, 1.82) is 0 Å². The zero-order chi connectivity index (χ0) is 18.6. The van der Waals surface area contributed by atoms with Crippen LogP contribution in [-0.2, 0) is 16.0 Å². The Labute approximate surface area is 156 Å². The van der Waals surface area contributed by atoms with Crippen LogP contribution in [0, 0.1) is 12.3 Å². The summed E-state index contributed by atoms with van der Waals surface area (Å²) < 4.78 is 5.16. The molecule has 0 radical (unpaired) electrons. The molecule has 1 amide bonds. The van der Waals surface area contributed by atoms with E-state index >= 15 is 0 Å². The van der Waals surface area contributed by atoms with Crippen LogP contribution >= 0.6 is 0 Å². The Bertz CT molecular complexity index is 636. The molecule has 2 aliphatic heterocycles. The number of carbonyl (C=O) groups excluding carboxylic acids is 1. The normalized spacial score (nSPS) is 23.7. The number of piperidine rings is 2. The summed E-state index contributed by atoms with van der Waals surface area (Å²) in [5.41, 5.74) is 1.42. The first-order valence-electron chi connectivity index (χ1n) is 9.91. The molecular weight excluding hydrogens is 328 g/mol. The maximum absolute atomic E-state index is 12.4. The van der Waals surface area contributed by atoms with Gasteiger partial charge in [0.25, 0.3) is 0 Å². The monoisotopic (exact) mass is 360 g/mol. The smallest absolute Gasteiger partial charge is 0.222 e. The Morgan fingerprint density at radius 3 is 2.92 bits per heavy atom. The number of ether oxygens (including phenoxy) is 1. The van der Waals surface area contributed by atoms with E-state index in [1.165, 1.54) is 12.0 Å². The van der Waals surface area contributed by atoms with E-state index in [-0.39, 0.29) is 5.41 Å². The van der Waals surface area contributed by atoms with E-state index in [4.69, 9.17) is 9.72 Å². The molecule has 144 valence electrons. The van der Waals surface area contributed by atoms with Crippen LogP contribution in [0.2, 0.25) is 0 Å². The first kappa shape index (κ1) is 19.1. The summed E-state index contributed by atoms with van der Waals surface area (Å²) in [5, 5.41) is 0. The van der Waals surface area contributed by atoms with E-state index < -0.39 is 0 Å². The minimum absolute atomic E-state index is 0.198. The fourth-order valence-electron chi connectivity index (χ4n) is 4.43. The molecule has 0 saturated carbocycles. The van der Waals surface area contributed by atoms with Crippen molar-refractivity contribution < 1.29 is 9.53 Å². The molecule has 6 heteroatoms. The second-order valence-corrected chi connectivity index (χ2v) is 7.81. The summed E-state index contributed by atoms with van der Waals surface area (Å²) in [4.78, 5) is 26.0. The van der Waals surface area contributed by atoms with Crippen molar-refractivity contribution in [2.24, 2.45) is 5.41 Å². The summed E-state index contributed by atoms with van der Waals surface area (Å²) >= 11 is 0. The molecule has 1 spiro atoms. The van der Waals surface area contributed by atoms with E-state index in [1.54, 1.807) is 7.11 Å². The van der Waals surface area contributed by atoms with Crippen molar-refractivity contribution in [2.75, 3.05) is 44.8 Å². The average molecular weight is 361 g/mol. The second kappa shape index (κ2) is 8.33. The third-order valence-corrected chi connectivity index (χ3v) is 5.83. The largest absolute Gasteiger partial charge is 0.385 e. The quantitative estimate of drug-likeness (QED) is 0.730. The van der Waals surface area contributed by atoms with Gasteiger partial charge in [-0.2, -0.15) is 0 Å². The zero-order valence-electron chi connectivity index (χ0n) is 16.5. The van der Waals surface area contributed by atoms with Crippen LogP contribution in [-0.4, -0.2) is 60.7 Å². The molecule has 0 aliphatic carbocycles. The van der Waals surface area contributed by atoms with Crippen LogP contribution in [0.1, 0.15) is 50.4 Å². The van der Waals surface area contributed by atoms with Crippen LogP contribution in [0.3, 0.4) is 0 Å². The number of hydrogen-bond donors (Lipinski definition) is 0. The van der Waals surface area contributed by atoms with Gasteiger partial charge in [0.2, 0.25) is 5.91 Å². The fraction of sp³-hybridized carbons (Fsp3) is 0.750. The van der Waals surface area contributed by atoms with Crippen LogP contribution in [0.25, 0.3) is 0 Å². The minimum Gasteiger partial charge on any atom is -0.385 e. The topological polar surface area (TPSA) is 58.6 Å². The molecule has 2 fully saturated rings. The van der Waals surface area contributed by atoms with E-state index in [9.17, 15) is 4.79 Å². The number of aryl methyl sites for hydroxylation is 2. The molecule has 2 aliphatic rings. The Morgan fingerprint density at radius 2 is 2.15 bits per heavy atom. The number of hydrogen-bond acceptors (Lipinski definition) is 5. The van der Waals surface area contributed by atoms with Gasteiger partial charge in [0.15, 0.2) is 0 Å². The lowest BCUT2D eigenvalue weighted by atomic mass is 9.73. The van der Waals surface area contributed by atoms with Crippen LogP contribution in [0.4, 0.5) is 5.82 Å². The summed E-state index contributed by atoms with van der Waals surface area (Å²) in [7, 11) is 1.72. The molecule has 26 heavy (non-hydrogen) atoms. The number of aromatic nitrogens is 2. The van der Waals surface area contributed by atoms with Crippen molar-refractivity contribution in [3.8, 4) is 0 Å². The average Bonchev–Trinajstić information content (AvgIpc) is 2.65. The third-order valence-electron chi connectivity index (χ3n) is 5.83. The molecule has 0 N–H and O–H groups in total. The van der Waals surface area contributed by atoms with Gasteiger partial charge < -0.3 is 14.5 Å². The first-order chi connectivity index (χ1) is 12.6. The zero-order valence-corrected chi connectivity index (χ0v) is 16.5. The van der Waals surface area contributed by atoms with Gasteiger partial charge >= 0.3 is 0 Å². The molecule has 1 aromatic rings. The van der Waals surface area contributed by atoms with Crippen molar-refractivity contribution in [2.45, 2.75) is 52.4 Å². The van der Waals surface area contributed by atoms with Gasteiger partial charge in [-0.15, -0.1) is 0 Å². The van der Waals surface area contributed by atoms with Gasteiger partial charge in [0.05, 0.1) is 0 Å². The highest BCUT2D eigenvalue weighted by Crippen LogP contribution is 2.40. The van der Waals surface area contributed by atoms with Gasteiger partial charge in [-0.3, -0.25) is 4.79 Å². The van der Waals surface area contributed by atoms with Crippen molar-refractivity contribution >= 4 is 11.7 Å². The molecule has 0 aromatic carbocycles. The van der Waals surface area contributed by atoms with Crippen molar-refractivity contribution in [3.05, 3.63) is 17.6 Å². The number of methoxy groups -OCH3 is 1. The number of rotatable bonds is 6. The molecular formula is C20H32N4O2. The standard InChI is InChI=1S/C20H32N4O2/c1-4-17-13-21-16(2)22-19(17)24-10-5-8-20(15-24)9-7-18(25)23(14-20)11-6-12-26-3/h13H,4-12,14-15H2,1-3H3/t20-/m1/s1. The van der Waals surface area contributed by atoms with Crippen LogP contribution < -0.4 is 4.90 Å². The van der Waals surface area contributed by atoms with Crippen LogP contribution in [0.5, 0.6) is 0 Å². The predicted molar refractivity (Wildman–Crippen MR) is 102 cm³/mol. The number of amides is 1. The summed E-state index contributed by atoms with van der Waals surface area (Å²) in [6.45, 7) is 8.54. The molecule has 2 saturated heterocycles. The summed E-state index contributed by atoms with van der Waals surface area (Å²) in [6.07, 6.45) is 7.85. The highest BCUT2D eigenvalue weighted by molar-refractivity contribution is 5.77. The minimum atomic E-state index is 0.198. The van der Waals surface area contributed by atoms with Gasteiger partial charge in [0.1, 0.15) is 11.6 Å². The summed E-state index contributed by atoms with van der Waals surface area (Å²) in [5.74, 6) is 2.23. The maximum atomic E-state index is 12.4. The van der Waals surface area contributed by atoms with Crippen LogP contribution in [0.15, 0.2) is 6.20 Å². The molecule has 3 heterocycles. The van der Waals surface area contributed by atoms with Gasteiger partial charge in [0, 0.05) is 63.5 Å². The molecule has 0 bridgehead atoms. The molecule has 1 aromatic heterocycles. The number of likely N-dealkylation sites (tertiary alicyclic amines) is 1. The highest BCUT2D eigenvalue weighted by atomic mass is 16.5. The van der Waals surface area contributed by atoms with E-state index in [0.717, 1.165) is 63.5 Å². The third kappa shape index (κ3) is 4.17. The lowest BCUT2D eigenvalue weighted by Crippen LogP contribution is -2.54. The van der Waals surface area contributed by atoms with Gasteiger partial charge in [-0.25, -0.2) is 9.97 Å². The SMILES string of the molecule is CCc1cnc(C)nc1N1CCC[C@]2(CCC(=O)N(CCCOC)C2)C1. The lowest BCUT2D eigenvalue weighted by Gasteiger charge is -2.48. The molecule has 0 unspecified atom stereocenters. The molecule has 1 atom stereocenters. The number of carbonyl (C=O) groups is 1. The Kier molecular flexibility index (Phi) is 6.12. The van der Waals surface area contributed by atoms with E-state index in [2.05, 4.69) is 21.7 Å². The summed E-state index contributed by atoms with van der Waals surface area (Å²) in [6, 6.07) is 0. The predicted octanol–water partition coefficient (Wildman–Crippen LogP) is 2.59. The maximum Gasteiger partial charge on any atom is 0.222 e. The second-order valence-electron chi connectivity index (χ2n) is 7.81. The van der Waals surface area contributed by atoms with Crippen molar-refractivity contribution in [3.63, 3.8) is 0 Å². The highest BCUT2D eigenvalue weighted by Gasteiger charge is 2.42. The Morgan fingerprint density at radius 1 is 1.31 bits per heavy atom. The lowest BCUT2D eigenvalue weighted by molar-refractivity contribution is -0.138. The van der Waals surface area contributed by atoms with Gasteiger partial charge in [-0.05, 0) is 39.0 Å². The number of anilines is 1. The van der Waals surface area contributed by atoms with E-state index in [1.807, 2.05) is 13.1 Å². The Hall–Kier alpha value is -1.69. The molecule has 6 nitrogen and oxygen atoms in total. The fourth-order valence-corrected chi connectivity index (χ4v) is 4.43. The van der Waals surface area contributed by atoms with E-state index in [0.29, 0.717) is 18.9 Å². The number of nitrogens with zero attached hydrogens (tertiary/aromatic N) is 4. The molecule has 3 rings (SSSR count). The van der Waals surface area contributed by atoms with Crippen molar-refractivity contribution in [1.82, 2.24) is 14.9 Å². The van der Waals surface area contributed by atoms with Gasteiger partial charge in [-0.1, -0.05) is 6.92 Å². The Balaban J connectivity index is 1.75.